The molecule has 5 heteroatoms. The second-order valence-corrected chi connectivity index (χ2v) is 7.83. The van der Waals surface area contributed by atoms with Gasteiger partial charge in [-0.05, 0) is 49.4 Å². The number of hydrogen-bond acceptors (Lipinski definition) is 3. The minimum atomic E-state index is -0.00555. The molecule has 1 aromatic carbocycles. The first-order valence-electron chi connectivity index (χ1n) is 9.10. The maximum Gasteiger partial charge on any atom is 0.253 e. The molecule has 2 rings (SSSR count). The fourth-order valence-electron chi connectivity index (χ4n) is 3.03. The molecule has 1 heterocycles. The first-order chi connectivity index (χ1) is 11.8. The number of nitrogens with zero attached hydrogens (tertiary/aromatic N) is 1. The van der Waals surface area contributed by atoms with E-state index in [9.17, 15) is 9.59 Å². The number of carbonyl (C=O) groups is 2. The van der Waals surface area contributed by atoms with E-state index in [2.05, 4.69) is 26.1 Å². The quantitative estimate of drug-likeness (QED) is 0.890. The van der Waals surface area contributed by atoms with Gasteiger partial charge < -0.3 is 15.0 Å². The molecule has 1 aliphatic rings. The van der Waals surface area contributed by atoms with Crippen LogP contribution in [0.1, 0.15) is 57.3 Å². The number of rotatable bonds is 5. The second kappa shape index (κ2) is 8.37. The van der Waals surface area contributed by atoms with Gasteiger partial charge in [0.25, 0.3) is 5.91 Å². The van der Waals surface area contributed by atoms with Crippen molar-refractivity contribution in [3.8, 4) is 5.75 Å². The number of likely N-dealkylation sites (tertiary alicyclic amines) is 1. The summed E-state index contributed by atoms with van der Waals surface area (Å²) in [5.74, 6) is 0.922. The second-order valence-electron chi connectivity index (χ2n) is 7.83. The highest BCUT2D eigenvalue weighted by molar-refractivity contribution is 5.94. The number of ether oxygens (including phenoxy) is 1. The summed E-state index contributed by atoms with van der Waals surface area (Å²) in [5.41, 5.74) is 0.674. The van der Waals surface area contributed by atoms with Gasteiger partial charge in [0.2, 0.25) is 5.91 Å². The van der Waals surface area contributed by atoms with Crippen molar-refractivity contribution in [3.05, 3.63) is 29.8 Å². The Kier molecular flexibility index (Phi) is 6.45. The average molecular weight is 346 g/mol. The molecule has 0 atom stereocenters. The molecule has 138 valence electrons. The van der Waals surface area contributed by atoms with E-state index in [1.54, 1.807) is 0 Å². The topological polar surface area (TPSA) is 58.6 Å². The molecule has 2 amide bonds. The molecule has 1 aromatic rings. The lowest BCUT2D eigenvalue weighted by molar-refractivity contribution is -0.123. The van der Waals surface area contributed by atoms with Crippen LogP contribution in [0.15, 0.2) is 24.3 Å². The minimum Gasteiger partial charge on any atom is -0.494 e. The van der Waals surface area contributed by atoms with Crippen molar-refractivity contribution in [3.63, 3.8) is 0 Å². The number of amides is 2. The predicted octanol–water partition coefficient (Wildman–Crippen LogP) is 3.24. The van der Waals surface area contributed by atoms with Gasteiger partial charge in [0.15, 0.2) is 0 Å². The smallest absolute Gasteiger partial charge is 0.253 e. The van der Waals surface area contributed by atoms with E-state index in [4.69, 9.17) is 4.74 Å². The molecular formula is C20H30N2O3. The summed E-state index contributed by atoms with van der Waals surface area (Å²) in [4.78, 5) is 26.5. The van der Waals surface area contributed by atoms with Crippen LogP contribution in [0.4, 0.5) is 0 Å². The third-order valence-corrected chi connectivity index (χ3v) is 4.25. The molecule has 0 aliphatic carbocycles. The van der Waals surface area contributed by atoms with Gasteiger partial charge in [-0.3, -0.25) is 9.59 Å². The highest BCUT2D eigenvalue weighted by Crippen LogP contribution is 2.20. The number of piperidine rings is 1. The molecule has 1 aliphatic heterocycles. The van der Waals surface area contributed by atoms with Crippen LogP contribution in [-0.4, -0.2) is 42.5 Å². The molecular weight excluding hydrogens is 316 g/mol. The molecule has 0 spiro atoms. The Bertz CT molecular complexity index is 582. The van der Waals surface area contributed by atoms with E-state index < -0.39 is 0 Å². The normalized spacial score (nSPS) is 15.8. The molecule has 1 saturated heterocycles. The molecule has 1 N–H and O–H groups in total. The maximum atomic E-state index is 12.6. The van der Waals surface area contributed by atoms with Gasteiger partial charge in [-0.25, -0.2) is 0 Å². The number of carbonyl (C=O) groups excluding carboxylic acids is 2. The highest BCUT2D eigenvalue weighted by Gasteiger charge is 2.25. The summed E-state index contributed by atoms with van der Waals surface area (Å²) in [5, 5.41) is 3.10. The SMILES string of the molecule is CCOc1ccc(C(=O)N2CCC(NC(=O)CC(C)(C)C)CC2)cc1. The average Bonchev–Trinajstić information content (AvgIpc) is 2.54. The van der Waals surface area contributed by atoms with Gasteiger partial charge in [0.05, 0.1) is 6.61 Å². The summed E-state index contributed by atoms with van der Waals surface area (Å²) in [6.07, 6.45) is 2.13. The van der Waals surface area contributed by atoms with E-state index in [0.717, 1.165) is 18.6 Å². The van der Waals surface area contributed by atoms with Crippen LogP contribution in [0.25, 0.3) is 0 Å². The predicted molar refractivity (Wildman–Crippen MR) is 98.8 cm³/mol. The number of hydrogen-bond donors (Lipinski definition) is 1. The maximum absolute atomic E-state index is 12.6. The van der Waals surface area contributed by atoms with Gasteiger partial charge >= 0.3 is 0 Å². The first-order valence-corrected chi connectivity index (χ1v) is 9.10. The number of nitrogens with one attached hydrogen (secondary N) is 1. The molecule has 0 saturated carbocycles. The van der Waals surface area contributed by atoms with Gasteiger partial charge in [0.1, 0.15) is 5.75 Å². The lowest BCUT2D eigenvalue weighted by Crippen LogP contribution is -2.47. The zero-order valence-corrected chi connectivity index (χ0v) is 15.8. The third kappa shape index (κ3) is 6.07. The summed E-state index contributed by atoms with van der Waals surface area (Å²) in [7, 11) is 0. The van der Waals surface area contributed by atoms with Crippen LogP contribution in [-0.2, 0) is 4.79 Å². The van der Waals surface area contributed by atoms with Gasteiger partial charge in [0, 0.05) is 31.1 Å². The van der Waals surface area contributed by atoms with Crippen LogP contribution >= 0.6 is 0 Å². The lowest BCUT2D eigenvalue weighted by Gasteiger charge is -2.33. The highest BCUT2D eigenvalue weighted by atomic mass is 16.5. The zero-order chi connectivity index (χ0) is 18.4. The summed E-state index contributed by atoms with van der Waals surface area (Å²) >= 11 is 0. The van der Waals surface area contributed by atoms with E-state index in [1.807, 2.05) is 36.1 Å². The molecule has 0 unspecified atom stereocenters. The Labute approximate surface area is 150 Å². The van der Waals surface area contributed by atoms with E-state index >= 15 is 0 Å². The van der Waals surface area contributed by atoms with E-state index in [1.165, 1.54) is 0 Å². The molecule has 0 bridgehead atoms. The number of benzene rings is 1. The third-order valence-electron chi connectivity index (χ3n) is 4.25. The van der Waals surface area contributed by atoms with Crippen LogP contribution < -0.4 is 10.1 Å². The molecule has 0 radical (unpaired) electrons. The van der Waals surface area contributed by atoms with Crippen molar-refractivity contribution in [2.24, 2.45) is 5.41 Å². The van der Waals surface area contributed by atoms with E-state index in [-0.39, 0.29) is 23.3 Å². The van der Waals surface area contributed by atoms with Crippen molar-refractivity contribution in [1.82, 2.24) is 10.2 Å². The van der Waals surface area contributed by atoms with Gasteiger partial charge in [-0.2, -0.15) is 0 Å². The largest absolute Gasteiger partial charge is 0.494 e. The lowest BCUT2D eigenvalue weighted by atomic mass is 9.91. The summed E-state index contributed by atoms with van der Waals surface area (Å²) < 4.78 is 5.41. The van der Waals surface area contributed by atoms with Crippen LogP contribution in [0.3, 0.4) is 0 Å². The van der Waals surface area contributed by atoms with Gasteiger partial charge in [-0.15, -0.1) is 0 Å². The molecule has 0 aromatic heterocycles. The first kappa shape index (κ1) is 19.3. The Hall–Kier alpha value is -2.04. The Morgan fingerprint density at radius 2 is 1.76 bits per heavy atom. The molecule has 5 nitrogen and oxygen atoms in total. The van der Waals surface area contributed by atoms with Crippen molar-refractivity contribution in [1.29, 1.82) is 0 Å². The van der Waals surface area contributed by atoms with Crippen molar-refractivity contribution in [2.45, 2.75) is 53.0 Å². The van der Waals surface area contributed by atoms with Crippen LogP contribution in [0.2, 0.25) is 0 Å². The Morgan fingerprint density at radius 3 is 2.28 bits per heavy atom. The van der Waals surface area contributed by atoms with Crippen molar-refractivity contribution >= 4 is 11.8 Å². The minimum absolute atomic E-state index is 0.00555. The van der Waals surface area contributed by atoms with Crippen LogP contribution in [0.5, 0.6) is 5.75 Å². The monoisotopic (exact) mass is 346 g/mol. The Morgan fingerprint density at radius 1 is 1.16 bits per heavy atom. The molecule has 25 heavy (non-hydrogen) atoms. The van der Waals surface area contributed by atoms with E-state index in [0.29, 0.717) is 31.7 Å². The van der Waals surface area contributed by atoms with Gasteiger partial charge in [-0.1, -0.05) is 20.8 Å². The Balaban J connectivity index is 1.83. The molecule has 1 fully saturated rings. The van der Waals surface area contributed by atoms with Crippen molar-refractivity contribution in [2.75, 3.05) is 19.7 Å². The summed E-state index contributed by atoms with van der Waals surface area (Å²) in [6, 6.07) is 7.45. The van der Waals surface area contributed by atoms with Crippen LogP contribution in [0, 0.1) is 5.41 Å². The summed E-state index contributed by atoms with van der Waals surface area (Å²) in [6.45, 7) is 10.1. The fourth-order valence-corrected chi connectivity index (χ4v) is 3.03. The zero-order valence-electron chi connectivity index (χ0n) is 15.8. The standard InChI is InChI=1S/C20H30N2O3/c1-5-25-17-8-6-15(7-9-17)19(24)22-12-10-16(11-13-22)21-18(23)14-20(2,3)4/h6-9,16H,5,10-14H2,1-4H3,(H,21,23). The fraction of sp³-hybridized carbons (Fsp3) is 0.600. The van der Waals surface area contributed by atoms with Crippen molar-refractivity contribution < 1.29 is 14.3 Å².